The molecule has 2 N–H and O–H groups in total. The van der Waals surface area contributed by atoms with Gasteiger partial charge in [-0.25, -0.2) is 0 Å². The molecule has 2 aromatic carbocycles. The Morgan fingerprint density at radius 1 is 1.00 bits per heavy atom. The van der Waals surface area contributed by atoms with Crippen LogP contribution in [0.4, 0.5) is 0 Å². The van der Waals surface area contributed by atoms with Gasteiger partial charge in [0.1, 0.15) is 5.75 Å². The molecule has 0 aliphatic rings. The minimum absolute atomic E-state index is 0.384. The quantitative estimate of drug-likeness (QED) is 0.451. The fraction of sp³-hybridized carbons (Fsp3) is 0.346. The molecule has 0 spiro atoms. The highest BCUT2D eigenvalue weighted by Crippen LogP contribution is 2.27. The summed E-state index contributed by atoms with van der Waals surface area (Å²) in [4.78, 5) is 12.0. The Kier molecular flexibility index (Phi) is 7.34. The Bertz CT molecular complexity index is 987. The molecule has 0 aliphatic carbocycles. The summed E-state index contributed by atoms with van der Waals surface area (Å²) in [6, 6.07) is 18.7. The second-order valence-electron chi connectivity index (χ2n) is 7.80. The number of nitrogens with two attached hydrogens (primary N) is 1. The first-order valence-electron chi connectivity index (χ1n) is 10.8. The average molecular weight is 405 g/mol. The van der Waals surface area contributed by atoms with Gasteiger partial charge < -0.3 is 15.0 Å². The van der Waals surface area contributed by atoms with Gasteiger partial charge >= 0.3 is 0 Å². The van der Waals surface area contributed by atoms with Gasteiger partial charge in [-0.15, -0.1) is 0 Å². The number of hydrogen-bond donors (Lipinski definition) is 1. The van der Waals surface area contributed by atoms with Gasteiger partial charge in [0.05, 0.1) is 12.7 Å². The molecule has 30 heavy (non-hydrogen) atoms. The van der Waals surface area contributed by atoms with Crippen molar-refractivity contribution in [1.82, 2.24) is 4.57 Å². The summed E-state index contributed by atoms with van der Waals surface area (Å²) in [6.45, 7) is 4.95. The maximum atomic E-state index is 12.0. The van der Waals surface area contributed by atoms with E-state index in [9.17, 15) is 4.79 Å². The fourth-order valence-electron chi connectivity index (χ4n) is 3.91. The maximum Gasteiger partial charge on any atom is 0.250 e. The molecule has 1 heterocycles. The first kappa shape index (κ1) is 21.7. The van der Waals surface area contributed by atoms with E-state index in [0.29, 0.717) is 5.56 Å². The number of nitrogens with zero attached hydrogens (tertiary/aromatic N) is 1. The van der Waals surface area contributed by atoms with Crippen molar-refractivity contribution >= 4 is 5.91 Å². The summed E-state index contributed by atoms with van der Waals surface area (Å²) in [7, 11) is 1.68. The first-order valence-corrected chi connectivity index (χ1v) is 10.8. The van der Waals surface area contributed by atoms with Gasteiger partial charge in [-0.2, -0.15) is 0 Å². The van der Waals surface area contributed by atoms with Gasteiger partial charge in [0.25, 0.3) is 5.91 Å². The Balaban J connectivity index is 1.86. The predicted molar refractivity (Wildman–Crippen MR) is 123 cm³/mol. The predicted octanol–water partition coefficient (Wildman–Crippen LogP) is 5.55. The number of aryl methyl sites for hydroxylation is 2. The van der Waals surface area contributed by atoms with Crippen molar-refractivity contribution in [2.75, 3.05) is 7.11 Å². The van der Waals surface area contributed by atoms with Crippen LogP contribution in [0.25, 0.3) is 11.3 Å². The molecule has 4 nitrogen and oxygen atoms in total. The van der Waals surface area contributed by atoms with E-state index in [0.717, 1.165) is 42.1 Å². The normalized spacial score (nSPS) is 10.9. The van der Waals surface area contributed by atoms with E-state index in [1.807, 2.05) is 25.1 Å². The molecule has 1 amide bonds. The summed E-state index contributed by atoms with van der Waals surface area (Å²) in [5, 5.41) is 0. The average Bonchev–Trinajstić information content (AvgIpc) is 3.09. The molecule has 0 saturated heterocycles. The number of unbranched alkanes of at least 4 members (excludes halogenated alkanes) is 2. The maximum absolute atomic E-state index is 12.0. The second-order valence-corrected chi connectivity index (χ2v) is 7.80. The van der Waals surface area contributed by atoms with Crippen molar-refractivity contribution in [3.63, 3.8) is 0 Å². The zero-order chi connectivity index (χ0) is 21.5. The number of primary amides is 1. The lowest BCUT2D eigenvalue weighted by molar-refractivity contribution is 0.0999. The van der Waals surface area contributed by atoms with Crippen LogP contribution in [0.2, 0.25) is 0 Å². The van der Waals surface area contributed by atoms with Gasteiger partial charge in [0, 0.05) is 17.9 Å². The highest BCUT2D eigenvalue weighted by molar-refractivity contribution is 5.95. The Labute approximate surface area is 179 Å². The molecule has 0 radical (unpaired) electrons. The molecule has 158 valence electrons. The second kappa shape index (κ2) is 10.1. The third-order valence-electron chi connectivity index (χ3n) is 5.71. The van der Waals surface area contributed by atoms with Crippen LogP contribution in [-0.2, 0) is 19.4 Å². The van der Waals surface area contributed by atoms with Crippen LogP contribution in [0.5, 0.6) is 5.75 Å². The number of methoxy groups -OCH3 is 1. The third kappa shape index (κ3) is 5.12. The highest BCUT2D eigenvalue weighted by Gasteiger charge is 2.17. The van der Waals surface area contributed by atoms with Crippen molar-refractivity contribution in [3.8, 4) is 17.0 Å². The minimum atomic E-state index is -0.384. The van der Waals surface area contributed by atoms with Crippen molar-refractivity contribution < 1.29 is 9.53 Å². The van der Waals surface area contributed by atoms with Gasteiger partial charge in [-0.1, -0.05) is 56.2 Å². The summed E-state index contributed by atoms with van der Waals surface area (Å²) in [5.41, 5.74) is 11.8. The van der Waals surface area contributed by atoms with Crippen LogP contribution >= 0.6 is 0 Å². The molecule has 0 atom stereocenters. The zero-order valence-corrected chi connectivity index (χ0v) is 18.3. The number of carbonyl (C=O) groups excluding carboxylic acids is 1. The van der Waals surface area contributed by atoms with E-state index >= 15 is 0 Å². The van der Waals surface area contributed by atoms with Crippen LogP contribution in [0.3, 0.4) is 0 Å². The highest BCUT2D eigenvalue weighted by atomic mass is 16.5. The van der Waals surface area contributed by atoms with Gasteiger partial charge in [0.15, 0.2) is 0 Å². The number of aromatic nitrogens is 1. The molecule has 3 aromatic rings. The van der Waals surface area contributed by atoms with Gasteiger partial charge in [0.2, 0.25) is 0 Å². The van der Waals surface area contributed by atoms with Crippen molar-refractivity contribution in [1.29, 1.82) is 0 Å². The van der Waals surface area contributed by atoms with E-state index in [1.54, 1.807) is 7.11 Å². The summed E-state index contributed by atoms with van der Waals surface area (Å²) in [6.07, 6.45) is 5.66. The van der Waals surface area contributed by atoms with Crippen molar-refractivity contribution in [3.05, 3.63) is 77.0 Å². The first-order chi connectivity index (χ1) is 14.5. The molecule has 4 heteroatoms. The standard InChI is InChI=1S/C26H32N2O2/c1-4-5-6-8-20-11-13-22(14-12-20)25-18-24(26(27)29)19(2)28(25)16-15-21-9-7-10-23(17-21)30-3/h7,9-14,17-18H,4-6,8,15-16H2,1-3H3,(H2,27,29). The van der Waals surface area contributed by atoms with Crippen LogP contribution in [0.1, 0.15) is 53.4 Å². The molecular formula is C26H32N2O2. The van der Waals surface area contributed by atoms with Gasteiger partial charge in [-0.05, 0) is 61.1 Å². The van der Waals surface area contributed by atoms with Crippen LogP contribution in [0.15, 0.2) is 54.6 Å². The topological polar surface area (TPSA) is 57.2 Å². The van der Waals surface area contributed by atoms with E-state index < -0.39 is 0 Å². The Hall–Kier alpha value is -3.01. The summed E-state index contributed by atoms with van der Waals surface area (Å²) < 4.78 is 7.54. The molecule has 0 unspecified atom stereocenters. The number of ether oxygens (including phenoxy) is 1. The molecule has 1 aromatic heterocycles. The van der Waals surface area contributed by atoms with Crippen molar-refractivity contribution in [2.24, 2.45) is 5.73 Å². The molecule has 0 saturated carbocycles. The lowest BCUT2D eigenvalue weighted by atomic mass is 10.0. The number of hydrogen-bond acceptors (Lipinski definition) is 2. The lowest BCUT2D eigenvalue weighted by Crippen LogP contribution is -2.13. The molecular weight excluding hydrogens is 372 g/mol. The van der Waals surface area contributed by atoms with Gasteiger partial charge in [-0.3, -0.25) is 4.79 Å². The largest absolute Gasteiger partial charge is 0.497 e. The fourth-order valence-corrected chi connectivity index (χ4v) is 3.91. The number of rotatable bonds is 10. The minimum Gasteiger partial charge on any atom is -0.497 e. The smallest absolute Gasteiger partial charge is 0.250 e. The van der Waals surface area contributed by atoms with E-state index in [4.69, 9.17) is 10.5 Å². The number of amides is 1. The zero-order valence-electron chi connectivity index (χ0n) is 18.3. The number of benzene rings is 2. The Morgan fingerprint density at radius 3 is 2.43 bits per heavy atom. The molecule has 0 fully saturated rings. The summed E-state index contributed by atoms with van der Waals surface area (Å²) in [5.74, 6) is 0.471. The van der Waals surface area contributed by atoms with E-state index in [1.165, 1.54) is 30.4 Å². The summed E-state index contributed by atoms with van der Waals surface area (Å²) >= 11 is 0. The van der Waals surface area contributed by atoms with Crippen LogP contribution < -0.4 is 10.5 Å². The molecule has 0 bridgehead atoms. The SMILES string of the molecule is CCCCCc1ccc(-c2cc(C(N)=O)c(C)n2CCc2cccc(OC)c2)cc1. The Morgan fingerprint density at radius 2 is 1.77 bits per heavy atom. The third-order valence-corrected chi connectivity index (χ3v) is 5.71. The lowest BCUT2D eigenvalue weighted by Gasteiger charge is -2.13. The molecule has 3 rings (SSSR count). The van der Waals surface area contributed by atoms with E-state index in [2.05, 4.69) is 47.9 Å². The van der Waals surface area contributed by atoms with E-state index in [-0.39, 0.29) is 5.91 Å². The molecule has 0 aliphatic heterocycles. The number of carbonyl (C=O) groups is 1. The van der Waals surface area contributed by atoms with Crippen molar-refractivity contribution in [2.45, 2.75) is 52.5 Å². The monoisotopic (exact) mass is 404 g/mol. The van der Waals surface area contributed by atoms with Crippen LogP contribution in [-0.4, -0.2) is 17.6 Å². The van der Waals surface area contributed by atoms with Crippen LogP contribution in [0, 0.1) is 6.92 Å².